The Morgan fingerprint density at radius 1 is 1.33 bits per heavy atom. The number of ether oxygens (including phenoxy) is 2. The molecule has 2 N–H and O–H groups in total. The van der Waals surface area contributed by atoms with Gasteiger partial charge in [0.2, 0.25) is 5.75 Å². The number of carbonyl (C=O) groups is 1. The first-order chi connectivity index (χ1) is 13.0. The van der Waals surface area contributed by atoms with Gasteiger partial charge in [0.1, 0.15) is 0 Å². The van der Waals surface area contributed by atoms with Crippen LogP contribution in [0.3, 0.4) is 0 Å². The average molecular weight is 393 g/mol. The molecule has 6 nitrogen and oxygen atoms in total. The summed E-state index contributed by atoms with van der Waals surface area (Å²) in [6, 6.07) is 3.51. The summed E-state index contributed by atoms with van der Waals surface area (Å²) in [5.74, 6) is -1.56. The molecule has 27 heavy (non-hydrogen) atoms. The van der Waals surface area contributed by atoms with Gasteiger partial charge in [-0.05, 0) is 18.2 Å². The Balaban J connectivity index is 1.89. The van der Waals surface area contributed by atoms with E-state index in [9.17, 15) is 13.6 Å². The van der Waals surface area contributed by atoms with E-state index in [1.54, 1.807) is 24.6 Å². The van der Waals surface area contributed by atoms with Crippen LogP contribution < -0.4 is 20.1 Å². The van der Waals surface area contributed by atoms with Crippen molar-refractivity contribution in [2.45, 2.75) is 13.1 Å². The Kier molecular flexibility index (Phi) is 5.70. The van der Waals surface area contributed by atoms with Gasteiger partial charge in [-0.25, -0.2) is 18.6 Å². The molecule has 1 aliphatic carbocycles. The van der Waals surface area contributed by atoms with Gasteiger partial charge < -0.3 is 14.8 Å². The fourth-order valence-corrected chi connectivity index (χ4v) is 2.95. The highest BCUT2D eigenvalue weighted by atomic mass is 32.1. The number of carbonyl (C=O) groups excluding carboxylic acids is 1. The second-order valence-electron chi connectivity index (χ2n) is 5.69. The van der Waals surface area contributed by atoms with E-state index in [0.29, 0.717) is 5.13 Å². The molecule has 1 heterocycles. The normalized spacial score (nSPS) is 19.0. The number of rotatable bonds is 5. The molecule has 2 atom stereocenters. The lowest BCUT2D eigenvalue weighted by Crippen LogP contribution is -2.33. The highest BCUT2D eigenvalue weighted by molar-refractivity contribution is 7.13. The monoisotopic (exact) mass is 393 g/mol. The molecule has 0 bridgehead atoms. The molecule has 0 fully saturated rings. The standard InChI is InChI=1S/C18H17F2N3O3S/c1-10-6-7-12(22-17(24)23-18-21-8-9-27-18)16(14(10)20)26-15-11(19)4-3-5-13(15)25-2/h3-10,14H,1-2H3,(H2,21,22,23,24). The summed E-state index contributed by atoms with van der Waals surface area (Å²) in [6.45, 7) is 1.65. The number of amides is 2. The van der Waals surface area contributed by atoms with Crippen LogP contribution in [-0.2, 0) is 0 Å². The van der Waals surface area contributed by atoms with E-state index in [4.69, 9.17) is 9.47 Å². The molecule has 0 saturated carbocycles. The van der Waals surface area contributed by atoms with Gasteiger partial charge in [0.25, 0.3) is 0 Å². The third-order valence-corrected chi connectivity index (χ3v) is 4.50. The molecule has 9 heteroatoms. The number of nitrogens with one attached hydrogen (secondary N) is 2. The van der Waals surface area contributed by atoms with E-state index in [2.05, 4.69) is 15.6 Å². The number of hydrogen-bond acceptors (Lipinski definition) is 5. The minimum Gasteiger partial charge on any atom is -0.493 e. The minimum absolute atomic E-state index is 0.0833. The molecule has 0 saturated heterocycles. The predicted octanol–water partition coefficient (Wildman–Crippen LogP) is 4.25. The number of allylic oxidation sites excluding steroid dienone is 3. The summed E-state index contributed by atoms with van der Waals surface area (Å²) in [6.07, 6.45) is 3.08. The van der Waals surface area contributed by atoms with Gasteiger partial charge in [-0.1, -0.05) is 19.1 Å². The van der Waals surface area contributed by atoms with Crippen molar-refractivity contribution < 1.29 is 23.0 Å². The molecule has 0 spiro atoms. The maximum atomic E-state index is 14.8. The van der Waals surface area contributed by atoms with Crippen molar-refractivity contribution >= 4 is 22.5 Å². The molecular weight excluding hydrogens is 376 g/mol. The number of alkyl halides is 1. The minimum atomic E-state index is -1.57. The highest BCUT2D eigenvalue weighted by Gasteiger charge is 2.30. The van der Waals surface area contributed by atoms with Crippen molar-refractivity contribution in [3.63, 3.8) is 0 Å². The summed E-state index contributed by atoms with van der Waals surface area (Å²) < 4.78 is 39.6. The topological polar surface area (TPSA) is 72.5 Å². The largest absolute Gasteiger partial charge is 0.493 e. The molecule has 142 valence electrons. The number of methoxy groups -OCH3 is 1. The van der Waals surface area contributed by atoms with Crippen LogP contribution in [0, 0.1) is 11.7 Å². The van der Waals surface area contributed by atoms with Crippen LogP contribution in [0.25, 0.3) is 0 Å². The third-order valence-electron chi connectivity index (χ3n) is 3.81. The second kappa shape index (κ2) is 8.17. The van der Waals surface area contributed by atoms with Crippen molar-refractivity contribution in [2.75, 3.05) is 12.4 Å². The zero-order chi connectivity index (χ0) is 19.4. The van der Waals surface area contributed by atoms with E-state index >= 15 is 0 Å². The fourth-order valence-electron chi connectivity index (χ4n) is 2.42. The Morgan fingerprint density at radius 3 is 2.85 bits per heavy atom. The van der Waals surface area contributed by atoms with Crippen LogP contribution in [0.2, 0.25) is 0 Å². The molecule has 2 unspecified atom stereocenters. The van der Waals surface area contributed by atoms with Crippen LogP contribution in [0.1, 0.15) is 6.92 Å². The highest BCUT2D eigenvalue weighted by Crippen LogP contribution is 2.35. The van der Waals surface area contributed by atoms with Crippen LogP contribution in [0.15, 0.2) is 53.4 Å². The number of benzene rings is 1. The predicted molar refractivity (Wildman–Crippen MR) is 98.1 cm³/mol. The molecule has 1 aromatic heterocycles. The van der Waals surface area contributed by atoms with Gasteiger partial charge >= 0.3 is 6.03 Å². The van der Waals surface area contributed by atoms with Crippen molar-refractivity contribution in [3.05, 3.63) is 59.2 Å². The zero-order valence-corrected chi connectivity index (χ0v) is 15.3. The number of urea groups is 1. The number of nitrogens with zero attached hydrogens (tertiary/aromatic N) is 1. The summed E-state index contributed by atoms with van der Waals surface area (Å²) in [5.41, 5.74) is 0.0833. The van der Waals surface area contributed by atoms with Crippen molar-refractivity contribution in [2.24, 2.45) is 5.92 Å². The van der Waals surface area contributed by atoms with Gasteiger partial charge in [0, 0.05) is 17.5 Å². The van der Waals surface area contributed by atoms with Gasteiger partial charge in [-0.2, -0.15) is 0 Å². The molecule has 1 aliphatic rings. The van der Waals surface area contributed by atoms with Crippen LogP contribution in [0.4, 0.5) is 18.7 Å². The van der Waals surface area contributed by atoms with Crippen molar-refractivity contribution in [1.82, 2.24) is 10.3 Å². The number of aromatic nitrogens is 1. The van der Waals surface area contributed by atoms with Gasteiger partial charge in [0.15, 0.2) is 28.6 Å². The summed E-state index contributed by atoms with van der Waals surface area (Å²) >= 11 is 1.24. The molecular formula is C18H17F2N3O3S. The molecule has 2 aromatic rings. The molecule has 2 amide bonds. The van der Waals surface area contributed by atoms with E-state index < -0.39 is 23.9 Å². The Bertz CT molecular complexity index is 884. The third kappa shape index (κ3) is 4.25. The van der Waals surface area contributed by atoms with Gasteiger partial charge in [-0.15, -0.1) is 11.3 Å². The summed E-state index contributed by atoms with van der Waals surface area (Å²) in [4.78, 5) is 16.1. The molecule has 0 aliphatic heterocycles. The Morgan fingerprint density at radius 2 is 2.15 bits per heavy atom. The van der Waals surface area contributed by atoms with Gasteiger partial charge in [0.05, 0.1) is 12.8 Å². The fraction of sp³-hybridized carbons (Fsp3) is 0.222. The van der Waals surface area contributed by atoms with Crippen LogP contribution in [-0.4, -0.2) is 24.3 Å². The molecule has 1 aromatic carbocycles. The first-order valence-electron chi connectivity index (χ1n) is 8.04. The van der Waals surface area contributed by atoms with E-state index in [0.717, 1.165) is 0 Å². The van der Waals surface area contributed by atoms with Gasteiger partial charge in [-0.3, -0.25) is 5.32 Å². The zero-order valence-electron chi connectivity index (χ0n) is 14.5. The van der Waals surface area contributed by atoms with Crippen molar-refractivity contribution in [1.29, 1.82) is 0 Å². The average Bonchev–Trinajstić information content (AvgIpc) is 3.15. The first-order valence-corrected chi connectivity index (χ1v) is 8.92. The summed E-state index contributed by atoms with van der Waals surface area (Å²) in [7, 11) is 1.35. The Hall–Kier alpha value is -2.94. The maximum Gasteiger partial charge on any atom is 0.325 e. The second-order valence-corrected chi connectivity index (χ2v) is 6.58. The smallest absolute Gasteiger partial charge is 0.325 e. The quantitative estimate of drug-likeness (QED) is 0.797. The molecule has 0 radical (unpaired) electrons. The lowest BCUT2D eigenvalue weighted by molar-refractivity contribution is 0.216. The number of thiazole rings is 1. The number of anilines is 1. The Labute approximate surface area is 158 Å². The van der Waals surface area contributed by atoms with E-state index in [1.807, 2.05) is 0 Å². The number of para-hydroxylation sites is 1. The summed E-state index contributed by atoms with van der Waals surface area (Å²) in [5, 5.41) is 7.13. The van der Waals surface area contributed by atoms with Crippen LogP contribution in [0.5, 0.6) is 11.5 Å². The van der Waals surface area contributed by atoms with Crippen molar-refractivity contribution in [3.8, 4) is 11.5 Å². The lowest BCUT2D eigenvalue weighted by atomic mass is 9.97. The lowest BCUT2D eigenvalue weighted by Gasteiger charge is -2.25. The molecule has 3 rings (SSSR count). The number of hydrogen-bond donors (Lipinski definition) is 2. The van der Waals surface area contributed by atoms with Crippen LogP contribution >= 0.6 is 11.3 Å². The number of halogens is 2. The van der Waals surface area contributed by atoms with E-state index in [1.165, 1.54) is 42.7 Å². The maximum absolute atomic E-state index is 14.8. The SMILES string of the molecule is COc1cccc(F)c1OC1=C(NC(=O)Nc2nccs2)C=CC(C)C1F. The van der Waals surface area contributed by atoms with E-state index in [-0.39, 0.29) is 23.0 Å². The first kappa shape index (κ1) is 18.8.